The van der Waals surface area contributed by atoms with Crippen molar-refractivity contribution in [2.75, 3.05) is 25.0 Å². The largest absolute Gasteiger partial charge is 0.354 e. The first-order valence-electron chi connectivity index (χ1n) is 6.77. The fourth-order valence-electron chi connectivity index (χ4n) is 2.47. The van der Waals surface area contributed by atoms with Crippen LogP contribution in [0.3, 0.4) is 0 Å². The van der Waals surface area contributed by atoms with Crippen molar-refractivity contribution in [1.29, 1.82) is 0 Å². The highest BCUT2D eigenvalue weighted by atomic mass is 79.9. The third-order valence-electron chi connectivity index (χ3n) is 3.71. The van der Waals surface area contributed by atoms with Gasteiger partial charge < -0.3 is 10.2 Å². The molecule has 1 fully saturated rings. The molecule has 0 amide bonds. The van der Waals surface area contributed by atoms with E-state index in [4.69, 9.17) is 0 Å². The molecule has 1 aliphatic rings. The maximum Gasteiger partial charge on any atom is 0.151 e. The first-order valence-corrected chi connectivity index (χ1v) is 7.56. The lowest BCUT2D eigenvalue weighted by atomic mass is 10.1. The van der Waals surface area contributed by atoms with E-state index >= 15 is 0 Å². The van der Waals surface area contributed by atoms with E-state index < -0.39 is 0 Å². The zero-order chi connectivity index (χ0) is 13.9. The van der Waals surface area contributed by atoms with Crippen LogP contribution in [0, 0.1) is 0 Å². The summed E-state index contributed by atoms with van der Waals surface area (Å²) in [7, 11) is 2.08. The molecule has 0 saturated carbocycles. The highest BCUT2D eigenvalue weighted by molar-refractivity contribution is 9.10. The molecule has 1 aliphatic heterocycles. The van der Waals surface area contributed by atoms with Gasteiger partial charge in [-0.05, 0) is 37.2 Å². The number of halogens is 1. The molecule has 1 aromatic heterocycles. The molecule has 104 valence electrons. The minimum atomic E-state index is 0.515. The summed E-state index contributed by atoms with van der Waals surface area (Å²) in [6, 6.07) is 12.7. The fourth-order valence-corrected chi connectivity index (χ4v) is 2.87. The Labute approximate surface area is 127 Å². The second-order valence-electron chi connectivity index (χ2n) is 5.04. The van der Waals surface area contributed by atoms with Crippen molar-refractivity contribution in [3.63, 3.8) is 0 Å². The summed E-state index contributed by atoms with van der Waals surface area (Å²) in [5.41, 5.74) is 1.97. The maximum atomic E-state index is 4.36. The van der Waals surface area contributed by atoms with Crippen LogP contribution < -0.4 is 10.2 Å². The Kier molecular flexibility index (Phi) is 3.98. The van der Waals surface area contributed by atoms with Crippen LogP contribution in [0.4, 0.5) is 5.82 Å². The van der Waals surface area contributed by atoms with Crippen molar-refractivity contribution in [3.8, 4) is 11.3 Å². The van der Waals surface area contributed by atoms with E-state index in [-0.39, 0.29) is 0 Å². The minimum absolute atomic E-state index is 0.515. The van der Waals surface area contributed by atoms with E-state index in [0.717, 1.165) is 41.1 Å². The highest BCUT2D eigenvalue weighted by Gasteiger charge is 2.20. The van der Waals surface area contributed by atoms with Gasteiger partial charge in [0.2, 0.25) is 0 Å². The first-order chi connectivity index (χ1) is 9.74. The molecular formula is C15H17BrN4. The van der Waals surface area contributed by atoms with Gasteiger partial charge in [-0.25, -0.2) is 0 Å². The van der Waals surface area contributed by atoms with Crippen molar-refractivity contribution in [2.45, 2.75) is 12.5 Å². The van der Waals surface area contributed by atoms with Gasteiger partial charge in [-0.3, -0.25) is 0 Å². The van der Waals surface area contributed by atoms with Gasteiger partial charge in [-0.15, -0.1) is 10.2 Å². The van der Waals surface area contributed by atoms with Crippen molar-refractivity contribution in [1.82, 2.24) is 15.5 Å². The summed E-state index contributed by atoms with van der Waals surface area (Å²) in [6.07, 6.45) is 1.16. The second kappa shape index (κ2) is 5.89. The first kappa shape index (κ1) is 13.5. The van der Waals surface area contributed by atoms with E-state index in [1.54, 1.807) is 0 Å². The van der Waals surface area contributed by atoms with Crippen LogP contribution in [0.25, 0.3) is 11.3 Å². The Morgan fingerprint density at radius 1 is 1.25 bits per heavy atom. The summed E-state index contributed by atoms with van der Waals surface area (Å²) in [4.78, 5) is 2.21. The lowest BCUT2D eigenvalue weighted by molar-refractivity contribution is 0.673. The molecule has 0 spiro atoms. The molecule has 0 radical (unpaired) electrons. The summed E-state index contributed by atoms with van der Waals surface area (Å²) < 4.78 is 1.05. The number of nitrogens with zero attached hydrogens (tertiary/aromatic N) is 3. The molecule has 1 saturated heterocycles. The number of nitrogens with one attached hydrogen (secondary N) is 1. The normalized spacial score (nSPS) is 18.2. The lowest BCUT2D eigenvalue weighted by Crippen LogP contribution is -2.34. The van der Waals surface area contributed by atoms with Crippen LogP contribution in [0.1, 0.15) is 6.42 Å². The molecule has 5 heteroatoms. The van der Waals surface area contributed by atoms with E-state index in [9.17, 15) is 0 Å². The molecule has 1 aromatic carbocycles. The Morgan fingerprint density at radius 2 is 2.15 bits per heavy atom. The van der Waals surface area contributed by atoms with Gasteiger partial charge >= 0.3 is 0 Å². The lowest BCUT2D eigenvalue weighted by Gasteiger charge is -2.24. The second-order valence-corrected chi connectivity index (χ2v) is 5.96. The van der Waals surface area contributed by atoms with Gasteiger partial charge in [0, 0.05) is 29.7 Å². The standard InChI is InChI=1S/C15H17BrN4/c1-20(13-7-8-17-10-13)15-6-5-14(18-19-15)11-3-2-4-12(16)9-11/h2-6,9,13,17H,7-8,10H2,1H3. The molecule has 2 aromatic rings. The molecule has 1 atom stereocenters. The average Bonchev–Trinajstić information content (AvgIpc) is 3.01. The van der Waals surface area contributed by atoms with Crippen LogP contribution in [-0.4, -0.2) is 36.4 Å². The van der Waals surface area contributed by atoms with Crippen molar-refractivity contribution in [3.05, 3.63) is 40.9 Å². The molecule has 1 N–H and O–H groups in total. The maximum absolute atomic E-state index is 4.36. The fraction of sp³-hybridized carbons (Fsp3) is 0.333. The van der Waals surface area contributed by atoms with Crippen LogP contribution in [0.2, 0.25) is 0 Å². The number of hydrogen-bond donors (Lipinski definition) is 1. The van der Waals surface area contributed by atoms with E-state index in [1.165, 1.54) is 0 Å². The smallest absolute Gasteiger partial charge is 0.151 e. The Hall–Kier alpha value is -1.46. The summed E-state index contributed by atoms with van der Waals surface area (Å²) in [6.45, 7) is 2.10. The van der Waals surface area contributed by atoms with E-state index in [2.05, 4.69) is 43.4 Å². The molecule has 20 heavy (non-hydrogen) atoms. The van der Waals surface area contributed by atoms with E-state index in [1.807, 2.05) is 36.4 Å². The van der Waals surface area contributed by atoms with Crippen LogP contribution in [-0.2, 0) is 0 Å². The molecule has 0 bridgehead atoms. The number of rotatable bonds is 3. The number of likely N-dealkylation sites (N-methyl/N-ethyl adjacent to an activating group) is 1. The molecule has 2 heterocycles. The zero-order valence-corrected chi connectivity index (χ0v) is 13.0. The predicted octanol–water partition coefficient (Wildman–Crippen LogP) is 2.70. The third kappa shape index (κ3) is 2.83. The molecule has 1 unspecified atom stereocenters. The van der Waals surface area contributed by atoms with Gasteiger partial charge in [-0.1, -0.05) is 28.1 Å². The third-order valence-corrected chi connectivity index (χ3v) is 4.21. The van der Waals surface area contributed by atoms with Crippen molar-refractivity contribution >= 4 is 21.7 Å². The van der Waals surface area contributed by atoms with Crippen molar-refractivity contribution < 1.29 is 0 Å². The number of hydrogen-bond acceptors (Lipinski definition) is 4. The van der Waals surface area contributed by atoms with Crippen LogP contribution in [0.5, 0.6) is 0 Å². The number of anilines is 1. The van der Waals surface area contributed by atoms with Gasteiger partial charge in [0.25, 0.3) is 0 Å². The monoisotopic (exact) mass is 332 g/mol. The zero-order valence-electron chi connectivity index (χ0n) is 11.4. The predicted molar refractivity (Wildman–Crippen MR) is 84.8 cm³/mol. The molecular weight excluding hydrogens is 316 g/mol. The highest BCUT2D eigenvalue weighted by Crippen LogP contribution is 2.22. The average molecular weight is 333 g/mol. The summed E-state index contributed by atoms with van der Waals surface area (Å²) in [5, 5.41) is 12.1. The molecule has 3 rings (SSSR count). The topological polar surface area (TPSA) is 41.1 Å². The van der Waals surface area contributed by atoms with Gasteiger partial charge in [-0.2, -0.15) is 0 Å². The summed E-state index contributed by atoms with van der Waals surface area (Å²) in [5.74, 6) is 0.928. The van der Waals surface area contributed by atoms with Crippen LogP contribution >= 0.6 is 15.9 Å². The van der Waals surface area contributed by atoms with Gasteiger partial charge in [0.05, 0.1) is 5.69 Å². The Bertz CT molecular complexity index is 579. The Balaban J connectivity index is 1.80. The Morgan fingerprint density at radius 3 is 2.80 bits per heavy atom. The summed E-state index contributed by atoms with van der Waals surface area (Å²) >= 11 is 3.48. The quantitative estimate of drug-likeness (QED) is 0.938. The molecule has 0 aliphatic carbocycles. The van der Waals surface area contributed by atoms with Crippen molar-refractivity contribution in [2.24, 2.45) is 0 Å². The SMILES string of the molecule is CN(c1ccc(-c2cccc(Br)c2)nn1)C1CCNC1. The minimum Gasteiger partial charge on any atom is -0.354 e. The number of aromatic nitrogens is 2. The van der Waals surface area contributed by atoms with E-state index in [0.29, 0.717) is 6.04 Å². The van der Waals surface area contributed by atoms with Gasteiger partial charge in [0.15, 0.2) is 5.82 Å². The van der Waals surface area contributed by atoms with Crippen LogP contribution in [0.15, 0.2) is 40.9 Å². The number of benzene rings is 1. The molecule has 4 nitrogen and oxygen atoms in total. The van der Waals surface area contributed by atoms with Gasteiger partial charge in [0.1, 0.15) is 0 Å².